The molecule has 1 fully saturated rings. The molecule has 1 unspecified atom stereocenters. The van der Waals surface area contributed by atoms with Gasteiger partial charge in [-0.15, -0.1) is 11.3 Å². The molecule has 4 nitrogen and oxygen atoms in total. The Morgan fingerprint density at radius 3 is 3.29 bits per heavy atom. The van der Waals surface area contributed by atoms with Gasteiger partial charge in [-0.1, -0.05) is 6.07 Å². The van der Waals surface area contributed by atoms with Gasteiger partial charge in [0, 0.05) is 23.9 Å². The van der Waals surface area contributed by atoms with E-state index >= 15 is 0 Å². The Morgan fingerprint density at radius 2 is 2.65 bits per heavy atom. The van der Waals surface area contributed by atoms with E-state index in [0.717, 1.165) is 13.2 Å². The molecule has 1 saturated heterocycles. The average molecular weight is 254 g/mol. The van der Waals surface area contributed by atoms with Crippen LogP contribution in [0.2, 0.25) is 0 Å². The molecular formula is C12H18N2O2S. The second-order valence-corrected chi connectivity index (χ2v) is 5.21. The van der Waals surface area contributed by atoms with Crippen molar-refractivity contribution in [3.8, 4) is 0 Å². The second-order valence-electron chi connectivity index (χ2n) is 4.23. The van der Waals surface area contributed by atoms with E-state index < -0.39 is 0 Å². The molecule has 0 aliphatic carbocycles. The fourth-order valence-corrected chi connectivity index (χ4v) is 2.62. The van der Waals surface area contributed by atoms with Crippen molar-refractivity contribution in [1.82, 2.24) is 10.6 Å². The molecule has 1 amide bonds. The number of ether oxygens (including phenoxy) is 1. The lowest BCUT2D eigenvalue weighted by atomic mass is 10.1. The molecule has 0 radical (unpaired) electrons. The second kappa shape index (κ2) is 6.14. The van der Waals surface area contributed by atoms with Crippen molar-refractivity contribution in [3.63, 3.8) is 0 Å². The van der Waals surface area contributed by atoms with E-state index in [9.17, 15) is 4.79 Å². The van der Waals surface area contributed by atoms with E-state index in [-0.39, 0.29) is 18.0 Å². The SMILES string of the molecule is C[C@H](NC(=O)CC1COCCN1)c1cccs1. The smallest absolute Gasteiger partial charge is 0.222 e. The third-order valence-electron chi connectivity index (χ3n) is 2.78. The number of carbonyl (C=O) groups is 1. The van der Waals surface area contributed by atoms with Gasteiger partial charge in [-0.05, 0) is 18.4 Å². The Bertz CT molecular complexity index is 347. The highest BCUT2D eigenvalue weighted by Crippen LogP contribution is 2.18. The fraction of sp³-hybridized carbons (Fsp3) is 0.583. The van der Waals surface area contributed by atoms with Crippen LogP contribution >= 0.6 is 11.3 Å². The summed E-state index contributed by atoms with van der Waals surface area (Å²) in [5.74, 6) is 0.0777. The van der Waals surface area contributed by atoms with Crippen LogP contribution in [0.1, 0.15) is 24.3 Å². The normalized spacial score (nSPS) is 22.1. The molecule has 2 atom stereocenters. The van der Waals surface area contributed by atoms with Crippen LogP contribution in [-0.4, -0.2) is 31.7 Å². The van der Waals surface area contributed by atoms with E-state index in [1.165, 1.54) is 4.88 Å². The van der Waals surface area contributed by atoms with Gasteiger partial charge in [-0.3, -0.25) is 4.79 Å². The maximum absolute atomic E-state index is 11.8. The highest BCUT2D eigenvalue weighted by Gasteiger charge is 2.18. The summed E-state index contributed by atoms with van der Waals surface area (Å²) in [5, 5.41) is 8.30. The highest BCUT2D eigenvalue weighted by atomic mass is 32.1. The molecule has 1 aliphatic heterocycles. The minimum atomic E-state index is 0.0777. The molecule has 0 bridgehead atoms. The number of morpholine rings is 1. The molecule has 94 valence electrons. The molecule has 17 heavy (non-hydrogen) atoms. The number of carbonyl (C=O) groups excluding carboxylic acids is 1. The van der Waals surface area contributed by atoms with Crippen LogP contribution in [0.4, 0.5) is 0 Å². The Morgan fingerprint density at radius 1 is 1.76 bits per heavy atom. The number of nitrogens with one attached hydrogen (secondary N) is 2. The summed E-state index contributed by atoms with van der Waals surface area (Å²) in [5.41, 5.74) is 0. The van der Waals surface area contributed by atoms with Crippen LogP contribution in [0.5, 0.6) is 0 Å². The largest absolute Gasteiger partial charge is 0.378 e. The standard InChI is InChI=1S/C12H18N2O2S/c1-9(11-3-2-6-17-11)14-12(15)7-10-8-16-5-4-13-10/h2-3,6,9-10,13H,4-5,7-8H2,1H3,(H,14,15)/t9-,10?/m0/s1. The maximum Gasteiger partial charge on any atom is 0.222 e. The minimum Gasteiger partial charge on any atom is -0.378 e. The summed E-state index contributed by atoms with van der Waals surface area (Å²) in [7, 11) is 0. The monoisotopic (exact) mass is 254 g/mol. The van der Waals surface area contributed by atoms with Crippen LogP contribution in [-0.2, 0) is 9.53 Å². The summed E-state index contributed by atoms with van der Waals surface area (Å²) >= 11 is 1.66. The average Bonchev–Trinajstić information content (AvgIpc) is 2.83. The van der Waals surface area contributed by atoms with Crippen molar-refractivity contribution in [2.24, 2.45) is 0 Å². The zero-order chi connectivity index (χ0) is 12.1. The number of hydrogen-bond donors (Lipinski definition) is 2. The lowest BCUT2D eigenvalue weighted by molar-refractivity contribution is -0.122. The van der Waals surface area contributed by atoms with Crippen molar-refractivity contribution in [2.45, 2.75) is 25.4 Å². The molecule has 1 aromatic rings. The molecular weight excluding hydrogens is 236 g/mol. The summed E-state index contributed by atoms with van der Waals surface area (Å²) in [6, 6.07) is 4.28. The van der Waals surface area contributed by atoms with E-state index in [0.29, 0.717) is 13.0 Å². The summed E-state index contributed by atoms with van der Waals surface area (Å²) < 4.78 is 5.32. The van der Waals surface area contributed by atoms with Gasteiger partial charge in [0.05, 0.1) is 19.3 Å². The molecule has 2 rings (SSSR count). The first-order chi connectivity index (χ1) is 8.25. The Labute approximate surface area is 105 Å². The zero-order valence-corrected chi connectivity index (χ0v) is 10.8. The van der Waals surface area contributed by atoms with Crippen molar-refractivity contribution >= 4 is 17.2 Å². The lowest BCUT2D eigenvalue weighted by Gasteiger charge is -2.23. The van der Waals surface area contributed by atoms with E-state index in [2.05, 4.69) is 10.6 Å². The quantitative estimate of drug-likeness (QED) is 0.851. The first kappa shape index (κ1) is 12.5. The number of thiophene rings is 1. The zero-order valence-electron chi connectivity index (χ0n) is 9.94. The van der Waals surface area contributed by atoms with Crippen LogP contribution in [0.15, 0.2) is 17.5 Å². The number of rotatable bonds is 4. The molecule has 2 heterocycles. The van der Waals surface area contributed by atoms with Crippen LogP contribution in [0.25, 0.3) is 0 Å². The van der Waals surface area contributed by atoms with Crippen molar-refractivity contribution in [1.29, 1.82) is 0 Å². The van der Waals surface area contributed by atoms with Gasteiger partial charge >= 0.3 is 0 Å². The van der Waals surface area contributed by atoms with Crippen molar-refractivity contribution in [2.75, 3.05) is 19.8 Å². The predicted octanol–water partition coefficient (Wildman–Crippen LogP) is 1.30. The van der Waals surface area contributed by atoms with Crippen LogP contribution < -0.4 is 10.6 Å². The molecule has 0 spiro atoms. The Balaban J connectivity index is 1.76. The number of amides is 1. The lowest BCUT2D eigenvalue weighted by Crippen LogP contribution is -2.44. The topological polar surface area (TPSA) is 50.4 Å². The summed E-state index contributed by atoms with van der Waals surface area (Å²) in [6.45, 7) is 4.21. The van der Waals surface area contributed by atoms with Crippen LogP contribution in [0.3, 0.4) is 0 Å². The first-order valence-corrected chi connectivity index (χ1v) is 6.77. The number of hydrogen-bond acceptors (Lipinski definition) is 4. The van der Waals surface area contributed by atoms with Crippen molar-refractivity contribution < 1.29 is 9.53 Å². The molecule has 0 aromatic carbocycles. The molecule has 5 heteroatoms. The van der Waals surface area contributed by atoms with E-state index in [1.54, 1.807) is 11.3 Å². The fourth-order valence-electron chi connectivity index (χ4n) is 1.88. The van der Waals surface area contributed by atoms with Gasteiger partial charge in [-0.2, -0.15) is 0 Å². The van der Waals surface area contributed by atoms with Gasteiger partial charge in [0.2, 0.25) is 5.91 Å². The highest BCUT2D eigenvalue weighted by molar-refractivity contribution is 7.10. The maximum atomic E-state index is 11.8. The first-order valence-electron chi connectivity index (χ1n) is 5.89. The van der Waals surface area contributed by atoms with E-state index in [1.807, 2.05) is 24.4 Å². The summed E-state index contributed by atoms with van der Waals surface area (Å²) in [6.07, 6.45) is 0.482. The van der Waals surface area contributed by atoms with Gasteiger partial charge < -0.3 is 15.4 Å². The predicted molar refractivity (Wildman–Crippen MR) is 68.1 cm³/mol. The molecule has 1 aromatic heterocycles. The summed E-state index contributed by atoms with van der Waals surface area (Å²) in [4.78, 5) is 13.0. The van der Waals surface area contributed by atoms with Gasteiger partial charge in [-0.25, -0.2) is 0 Å². The third kappa shape index (κ3) is 3.80. The third-order valence-corrected chi connectivity index (χ3v) is 3.83. The molecule has 1 aliphatic rings. The molecule has 2 N–H and O–H groups in total. The van der Waals surface area contributed by atoms with Crippen LogP contribution in [0, 0.1) is 0 Å². The van der Waals surface area contributed by atoms with E-state index in [4.69, 9.17) is 4.74 Å². The molecule has 0 saturated carbocycles. The van der Waals surface area contributed by atoms with Gasteiger partial charge in [0.1, 0.15) is 0 Å². The minimum absolute atomic E-state index is 0.0777. The van der Waals surface area contributed by atoms with Gasteiger partial charge in [0.25, 0.3) is 0 Å². The van der Waals surface area contributed by atoms with Crippen molar-refractivity contribution in [3.05, 3.63) is 22.4 Å². The van der Waals surface area contributed by atoms with Gasteiger partial charge in [0.15, 0.2) is 0 Å². The Hall–Kier alpha value is -0.910. The Kier molecular flexibility index (Phi) is 4.53.